The number of likely N-dealkylation sites (tertiary alicyclic amines) is 1. The number of benzene rings is 1. The van der Waals surface area contributed by atoms with Crippen LogP contribution in [0.3, 0.4) is 0 Å². The molecule has 0 atom stereocenters. The standard InChI is InChI=1S/C21H27ClFN3O3/c1-2-3-19(27)24-8-6-15(7-9-24)20(28)25-10-12-26(13-11-25)21(29)17-5-4-16(23)14-18(17)22/h4-5,14-15H,2-3,6-13H2,1H3. The van der Waals surface area contributed by atoms with Gasteiger partial charge < -0.3 is 14.7 Å². The zero-order chi connectivity index (χ0) is 21.0. The predicted octanol–water partition coefficient (Wildman–Crippen LogP) is 2.80. The number of piperidine rings is 1. The number of amides is 3. The molecule has 0 bridgehead atoms. The molecular weight excluding hydrogens is 397 g/mol. The quantitative estimate of drug-likeness (QED) is 0.748. The third-order valence-corrected chi connectivity index (χ3v) is 6.01. The van der Waals surface area contributed by atoms with E-state index in [-0.39, 0.29) is 34.2 Å². The van der Waals surface area contributed by atoms with Crippen LogP contribution in [0.2, 0.25) is 5.02 Å². The van der Waals surface area contributed by atoms with Crippen LogP contribution in [-0.4, -0.2) is 71.7 Å². The number of piperazine rings is 1. The lowest BCUT2D eigenvalue weighted by Crippen LogP contribution is -2.53. The first kappa shape index (κ1) is 21.6. The van der Waals surface area contributed by atoms with E-state index < -0.39 is 5.82 Å². The maximum atomic E-state index is 13.2. The Kier molecular flexibility index (Phi) is 7.11. The smallest absolute Gasteiger partial charge is 0.255 e. The zero-order valence-corrected chi connectivity index (χ0v) is 17.5. The van der Waals surface area contributed by atoms with Gasteiger partial charge in [0.1, 0.15) is 5.82 Å². The van der Waals surface area contributed by atoms with Crippen molar-refractivity contribution in [1.82, 2.24) is 14.7 Å². The molecule has 3 amide bonds. The first-order chi connectivity index (χ1) is 13.9. The molecule has 0 N–H and O–H groups in total. The van der Waals surface area contributed by atoms with Gasteiger partial charge >= 0.3 is 0 Å². The summed E-state index contributed by atoms with van der Waals surface area (Å²) < 4.78 is 13.2. The molecule has 2 aliphatic rings. The van der Waals surface area contributed by atoms with Crippen LogP contribution in [0, 0.1) is 11.7 Å². The molecule has 29 heavy (non-hydrogen) atoms. The maximum absolute atomic E-state index is 13.2. The molecule has 158 valence electrons. The average molecular weight is 424 g/mol. The summed E-state index contributed by atoms with van der Waals surface area (Å²) in [4.78, 5) is 42.8. The van der Waals surface area contributed by atoms with E-state index in [1.165, 1.54) is 12.1 Å². The Labute approximate surface area is 175 Å². The summed E-state index contributed by atoms with van der Waals surface area (Å²) in [6.45, 7) is 5.05. The first-order valence-electron chi connectivity index (χ1n) is 10.2. The molecule has 0 spiro atoms. The second kappa shape index (κ2) is 9.57. The van der Waals surface area contributed by atoms with E-state index in [1.807, 2.05) is 16.7 Å². The molecule has 1 aromatic rings. The molecule has 1 aromatic carbocycles. The van der Waals surface area contributed by atoms with Crippen LogP contribution in [0.4, 0.5) is 4.39 Å². The fourth-order valence-electron chi connectivity index (χ4n) is 3.97. The van der Waals surface area contributed by atoms with Gasteiger partial charge in [-0.1, -0.05) is 18.5 Å². The van der Waals surface area contributed by atoms with E-state index in [1.54, 1.807) is 4.90 Å². The molecule has 0 aromatic heterocycles. The molecule has 6 nitrogen and oxygen atoms in total. The molecular formula is C21H27ClFN3O3. The molecule has 2 saturated heterocycles. The molecule has 2 aliphatic heterocycles. The van der Waals surface area contributed by atoms with E-state index >= 15 is 0 Å². The Balaban J connectivity index is 1.50. The number of nitrogens with zero attached hydrogens (tertiary/aromatic N) is 3. The van der Waals surface area contributed by atoms with Crippen molar-refractivity contribution in [3.8, 4) is 0 Å². The van der Waals surface area contributed by atoms with Gasteiger partial charge in [0, 0.05) is 51.6 Å². The lowest BCUT2D eigenvalue weighted by Gasteiger charge is -2.38. The number of hydrogen-bond acceptors (Lipinski definition) is 3. The van der Waals surface area contributed by atoms with Gasteiger partial charge in [-0.3, -0.25) is 14.4 Å². The van der Waals surface area contributed by atoms with Crippen molar-refractivity contribution in [2.75, 3.05) is 39.3 Å². The lowest BCUT2D eigenvalue weighted by molar-refractivity contribution is -0.141. The second-order valence-corrected chi connectivity index (χ2v) is 8.05. The van der Waals surface area contributed by atoms with Gasteiger partial charge in [0.05, 0.1) is 10.6 Å². The van der Waals surface area contributed by atoms with Crippen LogP contribution < -0.4 is 0 Å². The molecule has 0 radical (unpaired) electrons. The van der Waals surface area contributed by atoms with Gasteiger partial charge in [0.25, 0.3) is 5.91 Å². The van der Waals surface area contributed by atoms with E-state index in [0.717, 1.165) is 12.5 Å². The number of carbonyl (C=O) groups is 3. The van der Waals surface area contributed by atoms with Gasteiger partial charge in [-0.15, -0.1) is 0 Å². The summed E-state index contributed by atoms with van der Waals surface area (Å²) in [6, 6.07) is 3.74. The normalized spacial score (nSPS) is 18.1. The molecule has 2 heterocycles. The highest BCUT2D eigenvalue weighted by Crippen LogP contribution is 2.23. The second-order valence-electron chi connectivity index (χ2n) is 7.65. The first-order valence-corrected chi connectivity index (χ1v) is 10.6. The van der Waals surface area contributed by atoms with Gasteiger partial charge in [-0.2, -0.15) is 0 Å². The molecule has 3 rings (SSSR count). The van der Waals surface area contributed by atoms with Crippen LogP contribution in [0.15, 0.2) is 18.2 Å². The van der Waals surface area contributed by atoms with Crippen molar-refractivity contribution in [3.63, 3.8) is 0 Å². The van der Waals surface area contributed by atoms with Crippen LogP contribution in [0.25, 0.3) is 0 Å². The van der Waals surface area contributed by atoms with Gasteiger partial charge in [0.15, 0.2) is 0 Å². The van der Waals surface area contributed by atoms with E-state index in [2.05, 4.69) is 0 Å². The summed E-state index contributed by atoms with van der Waals surface area (Å²) in [5.41, 5.74) is 0.275. The highest BCUT2D eigenvalue weighted by atomic mass is 35.5. The highest BCUT2D eigenvalue weighted by Gasteiger charge is 2.32. The molecule has 0 aliphatic carbocycles. The number of hydrogen-bond donors (Lipinski definition) is 0. The van der Waals surface area contributed by atoms with E-state index in [0.29, 0.717) is 58.5 Å². The highest BCUT2D eigenvalue weighted by molar-refractivity contribution is 6.33. The van der Waals surface area contributed by atoms with Crippen LogP contribution in [0.5, 0.6) is 0 Å². The van der Waals surface area contributed by atoms with Crippen LogP contribution >= 0.6 is 11.6 Å². The van der Waals surface area contributed by atoms with Crippen molar-refractivity contribution in [2.45, 2.75) is 32.6 Å². The number of carbonyl (C=O) groups excluding carboxylic acids is 3. The van der Waals surface area contributed by atoms with E-state index in [4.69, 9.17) is 11.6 Å². The van der Waals surface area contributed by atoms with E-state index in [9.17, 15) is 18.8 Å². The monoisotopic (exact) mass is 423 g/mol. The van der Waals surface area contributed by atoms with Crippen molar-refractivity contribution < 1.29 is 18.8 Å². The average Bonchev–Trinajstić information content (AvgIpc) is 2.73. The summed E-state index contributed by atoms with van der Waals surface area (Å²) >= 11 is 6.00. The van der Waals surface area contributed by atoms with Crippen molar-refractivity contribution in [2.24, 2.45) is 5.92 Å². The predicted molar refractivity (Wildman–Crippen MR) is 108 cm³/mol. The fraction of sp³-hybridized carbons (Fsp3) is 0.571. The van der Waals surface area contributed by atoms with Gasteiger partial charge in [0.2, 0.25) is 11.8 Å². The van der Waals surface area contributed by atoms with Crippen LogP contribution in [-0.2, 0) is 9.59 Å². The maximum Gasteiger partial charge on any atom is 0.255 e. The molecule has 0 saturated carbocycles. The largest absolute Gasteiger partial charge is 0.343 e. The zero-order valence-electron chi connectivity index (χ0n) is 16.7. The fourth-order valence-corrected chi connectivity index (χ4v) is 4.22. The Morgan fingerprint density at radius 1 is 1.00 bits per heavy atom. The van der Waals surface area contributed by atoms with Crippen molar-refractivity contribution >= 4 is 29.3 Å². The summed E-state index contributed by atoms with van der Waals surface area (Å²) in [5, 5.41) is 0.0953. The van der Waals surface area contributed by atoms with Crippen LogP contribution in [0.1, 0.15) is 43.0 Å². The van der Waals surface area contributed by atoms with Crippen molar-refractivity contribution in [3.05, 3.63) is 34.6 Å². The summed E-state index contributed by atoms with van der Waals surface area (Å²) in [5.74, 6) is -0.506. The minimum atomic E-state index is -0.482. The Morgan fingerprint density at radius 3 is 2.21 bits per heavy atom. The number of rotatable bonds is 4. The lowest BCUT2D eigenvalue weighted by atomic mass is 9.94. The third-order valence-electron chi connectivity index (χ3n) is 5.70. The Morgan fingerprint density at radius 2 is 1.62 bits per heavy atom. The van der Waals surface area contributed by atoms with Crippen molar-refractivity contribution in [1.29, 1.82) is 0 Å². The molecule has 2 fully saturated rings. The topological polar surface area (TPSA) is 60.9 Å². The summed E-state index contributed by atoms with van der Waals surface area (Å²) in [6.07, 6.45) is 2.79. The third kappa shape index (κ3) is 5.07. The SMILES string of the molecule is CCCC(=O)N1CCC(C(=O)N2CCN(C(=O)c3ccc(F)cc3Cl)CC2)CC1. The molecule has 8 heteroatoms. The Bertz CT molecular complexity index is 772. The minimum Gasteiger partial charge on any atom is -0.343 e. The van der Waals surface area contributed by atoms with Gasteiger partial charge in [-0.25, -0.2) is 4.39 Å². The molecule has 0 unspecified atom stereocenters. The van der Waals surface area contributed by atoms with Gasteiger partial charge in [-0.05, 0) is 37.5 Å². The number of halogens is 2. The Hall–Kier alpha value is -2.15. The summed E-state index contributed by atoms with van der Waals surface area (Å²) in [7, 11) is 0. The minimum absolute atomic E-state index is 0.0607.